The second-order valence-corrected chi connectivity index (χ2v) is 6.05. The number of anilines is 1. The number of hydrogen-bond acceptors (Lipinski definition) is 2. The zero-order chi connectivity index (χ0) is 16.9. The molecule has 0 spiro atoms. The first-order chi connectivity index (χ1) is 11.6. The first-order valence-electron chi connectivity index (χ1n) is 8.07. The third-order valence-corrected chi connectivity index (χ3v) is 4.10. The second kappa shape index (κ2) is 7.17. The van der Waals surface area contributed by atoms with Crippen molar-refractivity contribution in [2.24, 2.45) is 0 Å². The van der Waals surface area contributed by atoms with Crippen LogP contribution in [0.5, 0.6) is 0 Å². The summed E-state index contributed by atoms with van der Waals surface area (Å²) in [6.07, 6.45) is 0.326. The first kappa shape index (κ1) is 16.1. The third kappa shape index (κ3) is 3.93. The zero-order valence-corrected chi connectivity index (χ0v) is 13.7. The summed E-state index contributed by atoms with van der Waals surface area (Å²) < 4.78 is 0. The lowest BCUT2D eigenvalue weighted by atomic mass is 10.2. The Labute approximate surface area is 141 Å². The smallest absolute Gasteiger partial charge is 0.315 e. The maximum atomic E-state index is 12.2. The second-order valence-electron chi connectivity index (χ2n) is 6.05. The minimum absolute atomic E-state index is 0.0345. The van der Waals surface area contributed by atoms with Crippen LogP contribution in [-0.4, -0.2) is 24.5 Å². The van der Waals surface area contributed by atoms with Crippen molar-refractivity contribution in [1.82, 2.24) is 10.6 Å². The van der Waals surface area contributed by atoms with Gasteiger partial charge < -0.3 is 15.5 Å². The molecule has 1 atom stereocenters. The molecule has 2 aromatic rings. The van der Waals surface area contributed by atoms with Crippen molar-refractivity contribution in [2.75, 3.05) is 11.4 Å². The van der Waals surface area contributed by atoms with Crippen molar-refractivity contribution in [3.63, 3.8) is 0 Å². The van der Waals surface area contributed by atoms with Gasteiger partial charge in [-0.1, -0.05) is 48.0 Å². The molecule has 0 saturated carbocycles. The fourth-order valence-electron chi connectivity index (χ4n) is 2.79. The standard InChI is InChI=1S/C19H21N3O2/c1-14-7-9-17(10-8-14)22-13-16(11-18(22)23)21-19(24)20-12-15-5-3-2-4-6-15/h2-10,16H,11-13H2,1H3,(H2,20,21,24)/t16-/m0/s1. The van der Waals surface area contributed by atoms with Gasteiger partial charge in [-0.15, -0.1) is 0 Å². The highest BCUT2D eigenvalue weighted by atomic mass is 16.2. The van der Waals surface area contributed by atoms with E-state index in [-0.39, 0.29) is 18.0 Å². The van der Waals surface area contributed by atoms with Crippen molar-refractivity contribution in [3.05, 3.63) is 65.7 Å². The molecule has 3 rings (SSSR count). The summed E-state index contributed by atoms with van der Waals surface area (Å²) in [5.74, 6) is 0.0345. The number of aryl methyl sites for hydroxylation is 1. The number of amides is 3. The Morgan fingerprint density at radius 3 is 2.54 bits per heavy atom. The SMILES string of the molecule is Cc1ccc(N2C[C@@H](NC(=O)NCc3ccccc3)CC2=O)cc1. The molecule has 2 N–H and O–H groups in total. The first-order valence-corrected chi connectivity index (χ1v) is 8.07. The average Bonchev–Trinajstić information content (AvgIpc) is 2.95. The van der Waals surface area contributed by atoms with Crippen molar-refractivity contribution in [3.8, 4) is 0 Å². The predicted octanol–water partition coefficient (Wildman–Crippen LogP) is 2.60. The molecule has 124 valence electrons. The van der Waals surface area contributed by atoms with E-state index in [1.807, 2.05) is 61.5 Å². The van der Waals surface area contributed by atoms with E-state index >= 15 is 0 Å². The molecule has 0 aliphatic carbocycles. The van der Waals surface area contributed by atoms with Gasteiger partial charge in [0.25, 0.3) is 0 Å². The predicted molar refractivity (Wildman–Crippen MR) is 93.8 cm³/mol. The number of carbonyl (C=O) groups excluding carboxylic acids is 2. The van der Waals surface area contributed by atoms with Gasteiger partial charge in [0.1, 0.15) is 0 Å². The number of urea groups is 1. The molecule has 0 bridgehead atoms. The molecule has 1 aliphatic heterocycles. The highest BCUT2D eigenvalue weighted by molar-refractivity contribution is 5.96. The highest BCUT2D eigenvalue weighted by Gasteiger charge is 2.31. The van der Waals surface area contributed by atoms with Gasteiger partial charge in [-0.25, -0.2) is 4.79 Å². The molecule has 3 amide bonds. The van der Waals surface area contributed by atoms with E-state index in [9.17, 15) is 9.59 Å². The lowest BCUT2D eigenvalue weighted by molar-refractivity contribution is -0.117. The van der Waals surface area contributed by atoms with Gasteiger partial charge in [-0.2, -0.15) is 0 Å². The Bertz CT molecular complexity index is 713. The molecule has 0 aromatic heterocycles. The molecule has 2 aromatic carbocycles. The number of hydrogen-bond donors (Lipinski definition) is 2. The van der Waals surface area contributed by atoms with E-state index in [1.165, 1.54) is 0 Å². The van der Waals surface area contributed by atoms with Crippen LogP contribution in [0.2, 0.25) is 0 Å². The molecule has 1 saturated heterocycles. The van der Waals surface area contributed by atoms with Crippen molar-refractivity contribution >= 4 is 17.6 Å². The van der Waals surface area contributed by atoms with Crippen molar-refractivity contribution < 1.29 is 9.59 Å². The van der Waals surface area contributed by atoms with Crippen LogP contribution in [0.4, 0.5) is 10.5 Å². The molecule has 24 heavy (non-hydrogen) atoms. The Morgan fingerprint density at radius 2 is 1.83 bits per heavy atom. The van der Waals surface area contributed by atoms with Gasteiger partial charge in [-0.3, -0.25) is 4.79 Å². The van der Waals surface area contributed by atoms with Gasteiger partial charge in [0.05, 0.1) is 6.04 Å². The molecule has 0 radical (unpaired) electrons. The molecular weight excluding hydrogens is 302 g/mol. The number of benzene rings is 2. The van der Waals surface area contributed by atoms with Gasteiger partial charge in [-0.05, 0) is 24.6 Å². The Morgan fingerprint density at radius 1 is 1.12 bits per heavy atom. The summed E-state index contributed by atoms with van der Waals surface area (Å²) in [7, 11) is 0. The molecule has 1 aliphatic rings. The minimum atomic E-state index is -0.248. The summed E-state index contributed by atoms with van der Waals surface area (Å²) in [5.41, 5.74) is 3.07. The lowest BCUT2D eigenvalue weighted by Gasteiger charge is -2.17. The molecule has 5 nitrogen and oxygen atoms in total. The van der Waals surface area contributed by atoms with E-state index in [0.717, 1.165) is 16.8 Å². The summed E-state index contributed by atoms with van der Waals surface area (Å²) in [4.78, 5) is 25.9. The number of nitrogens with zero attached hydrogens (tertiary/aromatic N) is 1. The fraction of sp³-hybridized carbons (Fsp3) is 0.263. The molecule has 5 heteroatoms. The minimum Gasteiger partial charge on any atom is -0.334 e. The largest absolute Gasteiger partial charge is 0.334 e. The van der Waals surface area contributed by atoms with Crippen LogP contribution >= 0.6 is 0 Å². The number of nitrogens with one attached hydrogen (secondary N) is 2. The van der Waals surface area contributed by atoms with E-state index in [1.54, 1.807) is 4.90 Å². The Kier molecular flexibility index (Phi) is 4.79. The lowest BCUT2D eigenvalue weighted by Crippen LogP contribution is -2.43. The summed E-state index contributed by atoms with van der Waals surface area (Å²) in [6.45, 7) is 2.98. The maximum absolute atomic E-state index is 12.2. The van der Waals surface area contributed by atoms with E-state index < -0.39 is 0 Å². The van der Waals surface area contributed by atoms with Crippen LogP contribution in [0, 0.1) is 6.92 Å². The van der Waals surface area contributed by atoms with Gasteiger partial charge in [0.15, 0.2) is 0 Å². The number of carbonyl (C=O) groups is 2. The van der Waals surface area contributed by atoms with Crippen LogP contribution in [0.25, 0.3) is 0 Å². The van der Waals surface area contributed by atoms with Crippen LogP contribution in [0.3, 0.4) is 0 Å². The van der Waals surface area contributed by atoms with Gasteiger partial charge in [0, 0.05) is 25.2 Å². The summed E-state index contributed by atoms with van der Waals surface area (Å²) in [6, 6.07) is 17.1. The average molecular weight is 323 g/mol. The normalized spacial score (nSPS) is 17.0. The molecule has 1 heterocycles. The fourth-order valence-corrected chi connectivity index (χ4v) is 2.79. The monoisotopic (exact) mass is 323 g/mol. The van der Waals surface area contributed by atoms with Crippen LogP contribution in [0.1, 0.15) is 17.5 Å². The topological polar surface area (TPSA) is 61.4 Å². The quantitative estimate of drug-likeness (QED) is 0.908. The van der Waals surface area contributed by atoms with E-state index in [4.69, 9.17) is 0 Å². The van der Waals surface area contributed by atoms with Crippen LogP contribution < -0.4 is 15.5 Å². The van der Waals surface area contributed by atoms with Crippen LogP contribution in [-0.2, 0) is 11.3 Å². The van der Waals surface area contributed by atoms with E-state index in [0.29, 0.717) is 19.5 Å². The summed E-state index contributed by atoms with van der Waals surface area (Å²) >= 11 is 0. The third-order valence-electron chi connectivity index (χ3n) is 4.10. The van der Waals surface area contributed by atoms with Crippen molar-refractivity contribution in [1.29, 1.82) is 0 Å². The highest BCUT2D eigenvalue weighted by Crippen LogP contribution is 2.21. The zero-order valence-electron chi connectivity index (χ0n) is 13.7. The van der Waals surface area contributed by atoms with Gasteiger partial charge >= 0.3 is 6.03 Å². The number of rotatable bonds is 4. The maximum Gasteiger partial charge on any atom is 0.315 e. The Balaban J connectivity index is 1.52. The summed E-state index contributed by atoms with van der Waals surface area (Å²) in [5, 5.41) is 5.70. The van der Waals surface area contributed by atoms with E-state index in [2.05, 4.69) is 10.6 Å². The molecule has 1 fully saturated rings. The van der Waals surface area contributed by atoms with Crippen LogP contribution in [0.15, 0.2) is 54.6 Å². The molecule has 0 unspecified atom stereocenters. The van der Waals surface area contributed by atoms with Gasteiger partial charge in [0.2, 0.25) is 5.91 Å². The van der Waals surface area contributed by atoms with Crippen molar-refractivity contribution in [2.45, 2.75) is 25.9 Å². The Hall–Kier alpha value is -2.82. The molecular formula is C19H21N3O2.